The summed E-state index contributed by atoms with van der Waals surface area (Å²) in [6.07, 6.45) is 0. The van der Waals surface area contributed by atoms with Gasteiger partial charge in [0, 0.05) is 100 Å². The van der Waals surface area contributed by atoms with Crippen LogP contribution >= 0.6 is 0 Å². The average molecular weight is 1890 g/mol. The van der Waals surface area contributed by atoms with E-state index in [0.717, 1.165) is 140 Å². The van der Waals surface area contributed by atoms with Gasteiger partial charge < -0.3 is 9.80 Å². The number of hydrogen-bond acceptors (Lipinski definition) is 9. The van der Waals surface area contributed by atoms with Crippen LogP contribution in [-0.4, -0.2) is 29.9 Å². The van der Waals surface area contributed by atoms with Crippen molar-refractivity contribution in [1.82, 2.24) is 29.9 Å². The molecule has 21 aromatic carbocycles. The third-order valence-electron chi connectivity index (χ3n) is 28.7. The summed E-state index contributed by atoms with van der Waals surface area (Å²) in [4.78, 5) is 37.7. The fourth-order valence-electron chi connectivity index (χ4n) is 21.2. The lowest BCUT2D eigenvalue weighted by Crippen LogP contribution is -2.16. The predicted molar refractivity (Wildman–Crippen MR) is 612 cm³/mol. The maximum absolute atomic E-state index is 5.30. The van der Waals surface area contributed by atoms with Gasteiger partial charge in [0.2, 0.25) is 0 Å². The second-order valence-corrected chi connectivity index (χ2v) is 38.4. The normalized spacial score (nSPS) is 12.2. The summed E-state index contributed by atoms with van der Waals surface area (Å²) in [6, 6.07) is 191. The molecule has 0 spiro atoms. The van der Waals surface area contributed by atoms with E-state index in [9.17, 15) is 0 Å². The van der Waals surface area contributed by atoms with Crippen LogP contribution in [0.5, 0.6) is 0 Å². The van der Waals surface area contributed by atoms with Crippen LogP contribution in [0.1, 0.15) is 49.9 Å². The van der Waals surface area contributed by atoms with Crippen molar-refractivity contribution in [1.29, 1.82) is 0 Å². The van der Waals surface area contributed by atoms with Gasteiger partial charge >= 0.3 is 0 Å². The Morgan fingerprint density at radius 3 is 0.871 bits per heavy atom. The lowest BCUT2D eigenvalue weighted by Gasteiger charge is -2.29. The molecule has 9 nitrogen and oxygen atoms in total. The van der Waals surface area contributed by atoms with Crippen LogP contribution in [0.25, 0.3) is 167 Å². The van der Waals surface area contributed by atoms with Gasteiger partial charge in [0.1, 0.15) is 5.82 Å². The highest BCUT2D eigenvalue weighted by Crippen LogP contribution is 2.56. The zero-order valence-corrected chi connectivity index (χ0v) is 81.9. The van der Waals surface area contributed by atoms with Gasteiger partial charge in [-0.3, -0.25) is 4.90 Å². The highest BCUT2D eigenvalue weighted by molar-refractivity contribution is 6.01. The molecule has 0 bridgehead atoms. The summed E-state index contributed by atoms with van der Waals surface area (Å²) in [7, 11) is 0. The number of aromatic nitrogens is 6. The monoisotopic (exact) mass is 1880 g/mol. The van der Waals surface area contributed by atoms with Gasteiger partial charge in [0.05, 0.1) is 33.6 Å². The topological polar surface area (TPSA) is 87.1 Å². The number of hydrogen-bond donors (Lipinski definition) is 0. The minimum Gasteiger partial charge on any atom is -0.310 e. The van der Waals surface area contributed by atoms with Crippen LogP contribution in [0.4, 0.5) is 51.3 Å². The third kappa shape index (κ3) is 17.9. The van der Waals surface area contributed by atoms with Crippen molar-refractivity contribution >= 4 is 84.0 Å². The van der Waals surface area contributed by atoms with Crippen molar-refractivity contribution in [2.24, 2.45) is 0 Å². The number of nitrogens with zero attached hydrogens (tertiary/aromatic N) is 9. The molecule has 0 saturated heterocycles. The highest BCUT2D eigenvalue weighted by Gasteiger charge is 2.39. The van der Waals surface area contributed by atoms with E-state index in [0.29, 0.717) is 5.82 Å². The van der Waals surface area contributed by atoms with Gasteiger partial charge in [-0.2, -0.15) is 0 Å². The van der Waals surface area contributed by atoms with Gasteiger partial charge in [0.25, 0.3) is 0 Å². The fourth-order valence-corrected chi connectivity index (χ4v) is 21.2. The van der Waals surface area contributed by atoms with Crippen LogP contribution in [-0.2, 0) is 10.8 Å². The molecule has 2 aliphatic rings. The number of para-hydroxylation sites is 3. The molecule has 0 aliphatic heterocycles. The van der Waals surface area contributed by atoms with E-state index in [2.05, 4.69) is 510 Å². The van der Waals surface area contributed by atoms with Gasteiger partial charge in [-0.1, -0.05) is 452 Å². The van der Waals surface area contributed by atoms with Gasteiger partial charge in [0.15, 0.2) is 17.5 Å². The van der Waals surface area contributed by atoms with E-state index in [1.165, 1.54) is 94.6 Å². The average Bonchev–Trinajstić information content (AvgIpc) is 1.58. The maximum Gasteiger partial charge on any atom is 0.162 e. The Morgan fingerprint density at radius 2 is 0.435 bits per heavy atom. The molecule has 698 valence electrons. The molecule has 26 rings (SSSR count). The second-order valence-electron chi connectivity index (χ2n) is 38.4. The molecule has 9 heteroatoms. The van der Waals surface area contributed by atoms with Crippen LogP contribution in [0.2, 0.25) is 0 Å². The van der Waals surface area contributed by atoms with E-state index < -0.39 is 0 Å². The van der Waals surface area contributed by atoms with E-state index >= 15 is 0 Å². The van der Waals surface area contributed by atoms with Crippen molar-refractivity contribution in [2.45, 2.75) is 38.5 Å². The molecule has 0 N–H and O–H groups in total. The Hall–Kier alpha value is -19.0. The van der Waals surface area contributed by atoms with Crippen molar-refractivity contribution < 1.29 is 0 Å². The number of rotatable bonds is 19. The van der Waals surface area contributed by atoms with Gasteiger partial charge in [-0.15, -0.1) is 0 Å². The van der Waals surface area contributed by atoms with E-state index in [-0.39, 0.29) is 10.8 Å². The standard InChI is InChI=1S/2C47H35N3.C44H31N3/c1-47(2)40-23-11-9-21-38(40)44-41(47)24-14-26-43(44)50(36-29-27-33(28-30-36)32-15-5-3-6-16-32)37-20-13-19-35(31-37)45-39-22-10-12-25-42(39)48-46(49-45)34-17-7-4-8-18-34;1-47(2)42-22-11-9-20-39(42)40-29-28-38(31-43(40)47)50(36-26-24-33(25-27-36)32-14-5-3-6-15-32)37-19-13-18-35(30-37)45-41-21-10-12-23-44(41)48-46(49-45)34-16-7-4-8-17-34;1-4-12-32(13-5-1)35-20-22-38(23-21-35)43-45-42-19-11-10-18-41(42)44(46-43)47(39-28-24-36(25-29-39)33-14-6-2-7-15-33)40-30-26-37(27-31-40)34-16-8-3-9-17-34/h2*3-31H,1-2H3;1-31H. The van der Waals surface area contributed by atoms with Crippen LogP contribution in [0, 0.1) is 0 Å². The molecule has 0 unspecified atom stereocenters. The maximum atomic E-state index is 5.30. The largest absolute Gasteiger partial charge is 0.310 e. The summed E-state index contributed by atoms with van der Waals surface area (Å²) in [5.74, 6) is 2.96. The Balaban J connectivity index is 0.000000118. The number of fused-ring (bicyclic) bond motifs is 9. The summed E-state index contributed by atoms with van der Waals surface area (Å²) < 4.78 is 0. The summed E-state index contributed by atoms with van der Waals surface area (Å²) in [5, 5.41) is 3.04. The molecular weight excluding hydrogens is 1780 g/mol. The first-order valence-electron chi connectivity index (χ1n) is 50.2. The SMILES string of the molecule is CC1(C)c2ccccc2-c2c(N(c3ccc(-c4ccccc4)cc3)c3cccc(-c4nc(-c5ccccc5)nc5ccccc45)c3)cccc21.CC1(C)c2ccccc2-c2ccc(N(c3ccc(-c4ccccc4)cc3)c3cccc(-c4nc(-c5ccccc5)nc5ccccc45)c3)cc21.c1ccc(-c2ccc(-c3nc(N(c4ccc(-c5ccccc5)cc4)c4ccc(-c5ccccc5)cc4)c4ccccc4n3)cc2)cc1. The molecule has 2 aliphatic carbocycles. The molecule has 0 fully saturated rings. The highest BCUT2D eigenvalue weighted by atomic mass is 15.2. The molecule has 0 atom stereocenters. The second kappa shape index (κ2) is 39.5. The van der Waals surface area contributed by atoms with Crippen molar-refractivity contribution in [3.05, 3.63) is 562 Å². The van der Waals surface area contributed by atoms with Gasteiger partial charge in [-0.25, -0.2) is 29.9 Å². The summed E-state index contributed by atoms with van der Waals surface area (Å²) >= 11 is 0. The zero-order valence-electron chi connectivity index (χ0n) is 81.9. The molecule has 0 saturated carbocycles. The van der Waals surface area contributed by atoms with Crippen molar-refractivity contribution in [2.75, 3.05) is 14.7 Å². The van der Waals surface area contributed by atoms with Crippen LogP contribution in [0.15, 0.2) is 540 Å². The third-order valence-corrected chi connectivity index (χ3v) is 28.7. The minimum absolute atomic E-state index is 0.111. The first kappa shape index (κ1) is 90.6. The number of anilines is 9. The lowest BCUT2D eigenvalue weighted by molar-refractivity contribution is 0.660. The molecule has 147 heavy (non-hydrogen) atoms. The Labute approximate surface area is 857 Å². The molecule has 0 amide bonds. The Kier molecular flexibility index (Phi) is 24.3. The minimum atomic E-state index is -0.111. The molecule has 24 aromatic rings. The van der Waals surface area contributed by atoms with Crippen molar-refractivity contribution in [3.63, 3.8) is 0 Å². The van der Waals surface area contributed by atoms with Crippen LogP contribution < -0.4 is 14.7 Å². The first-order valence-corrected chi connectivity index (χ1v) is 50.2. The van der Waals surface area contributed by atoms with E-state index in [1.54, 1.807) is 0 Å². The number of benzene rings is 21. The quantitative estimate of drug-likeness (QED) is 0.0786. The van der Waals surface area contributed by atoms with Crippen molar-refractivity contribution in [3.8, 4) is 135 Å². The molecular formula is C138H101N9. The molecule has 3 heterocycles. The fraction of sp³-hybridized carbons (Fsp3) is 0.0435. The Bertz CT molecular complexity index is 8810. The molecule has 3 aromatic heterocycles. The predicted octanol–water partition coefficient (Wildman–Crippen LogP) is 36.6. The lowest BCUT2D eigenvalue weighted by atomic mass is 9.82. The van der Waals surface area contributed by atoms with Gasteiger partial charge in [-0.05, 0) is 210 Å². The van der Waals surface area contributed by atoms with E-state index in [4.69, 9.17) is 29.9 Å². The zero-order chi connectivity index (χ0) is 98.7. The van der Waals surface area contributed by atoms with Crippen LogP contribution in [0.3, 0.4) is 0 Å². The first-order chi connectivity index (χ1) is 72.4. The summed E-state index contributed by atoms with van der Waals surface area (Å²) in [6.45, 7) is 9.36. The summed E-state index contributed by atoms with van der Waals surface area (Å²) in [5.41, 5.74) is 40.5. The Morgan fingerprint density at radius 1 is 0.163 bits per heavy atom. The molecule has 0 radical (unpaired) electrons. The van der Waals surface area contributed by atoms with E-state index in [1.807, 2.05) is 72.8 Å². The smallest absolute Gasteiger partial charge is 0.162 e.